The Morgan fingerprint density at radius 2 is 2.15 bits per heavy atom. The Kier molecular flexibility index (Phi) is 6.12. The van der Waals surface area contributed by atoms with E-state index in [2.05, 4.69) is 22.0 Å². The number of hydrogen-bond donors (Lipinski definition) is 0. The van der Waals surface area contributed by atoms with Gasteiger partial charge in [0.05, 0.1) is 0 Å². The highest BCUT2D eigenvalue weighted by molar-refractivity contribution is 9.12. The fourth-order valence-electron chi connectivity index (χ4n) is 1.06. The molecule has 1 saturated heterocycles. The monoisotopic (exact) mass is 266 g/mol. The molecule has 0 atom stereocenters. The lowest BCUT2D eigenvalue weighted by molar-refractivity contribution is 0.142. The molecule has 5 heteroatoms. The molecule has 1 fully saturated rings. The van der Waals surface area contributed by atoms with Crippen LogP contribution in [0.25, 0.3) is 0 Å². The number of allylic oxidation sites excluding steroid dienone is 1. The lowest BCUT2D eigenvalue weighted by Crippen LogP contribution is -2.30. The largest absolute Gasteiger partial charge is 0.500 e. The van der Waals surface area contributed by atoms with Gasteiger partial charge in [-0.1, -0.05) is 22.0 Å². The fraction of sp³-hybridized carbons (Fsp3) is 0.750. The summed E-state index contributed by atoms with van der Waals surface area (Å²) in [7, 11) is -0.191. The van der Waals surface area contributed by atoms with E-state index in [4.69, 9.17) is 20.9 Å². The van der Waals surface area contributed by atoms with Crippen molar-refractivity contribution in [2.24, 2.45) is 0 Å². The average Bonchev–Trinajstić information content (AvgIpc) is 2.19. The van der Waals surface area contributed by atoms with Crippen LogP contribution in [0.1, 0.15) is 19.3 Å². The molecule has 0 aromatic heterocycles. The molecule has 0 unspecified atom stereocenters. The van der Waals surface area contributed by atoms with Crippen LogP contribution in [0.2, 0.25) is 0 Å². The van der Waals surface area contributed by atoms with Gasteiger partial charge < -0.3 is 9.31 Å². The van der Waals surface area contributed by atoms with Gasteiger partial charge in [-0.3, -0.25) is 0 Å². The van der Waals surface area contributed by atoms with Crippen LogP contribution < -0.4 is 0 Å². The molecular formula is C8H13BBrClO2. The number of halogens is 2. The van der Waals surface area contributed by atoms with E-state index in [1.807, 2.05) is 0 Å². The summed E-state index contributed by atoms with van der Waals surface area (Å²) in [6.07, 6.45) is 5.01. The number of hydrogen-bond acceptors (Lipinski definition) is 2. The Labute approximate surface area is 92.9 Å². The zero-order chi connectivity index (χ0) is 9.52. The summed E-state index contributed by atoms with van der Waals surface area (Å²) in [4.78, 5) is 0. The van der Waals surface area contributed by atoms with Crippen LogP contribution in [0, 0.1) is 0 Å². The van der Waals surface area contributed by atoms with E-state index in [0.717, 1.165) is 36.9 Å². The highest BCUT2D eigenvalue weighted by Gasteiger charge is 2.24. The summed E-state index contributed by atoms with van der Waals surface area (Å²) in [5.74, 6) is 0.698. The smallest absolute Gasteiger partial charge is 0.407 e. The molecule has 1 aliphatic rings. The summed E-state index contributed by atoms with van der Waals surface area (Å²) >= 11 is 9.00. The van der Waals surface area contributed by atoms with Crippen LogP contribution in [0.5, 0.6) is 0 Å². The topological polar surface area (TPSA) is 18.5 Å². The molecular weight excluding hydrogens is 254 g/mol. The number of unbranched alkanes of at least 4 members (excludes halogenated alkanes) is 1. The Morgan fingerprint density at radius 3 is 2.77 bits per heavy atom. The zero-order valence-electron chi connectivity index (χ0n) is 7.47. The van der Waals surface area contributed by atoms with Gasteiger partial charge in [0.25, 0.3) is 0 Å². The van der Waals surface area contributed by atoms with E-state index >= 15 is 0 Å². The van der Waals surface area contributed by atoms with E-state index in [1.54, 1.807) is 0 Å². The maximum absolute atomic E-state index is 5.56. The van der Waals surface area contributed by atoms with Crippen LogP contribution in [-0.2, 0) is 9.31 Å². The third-order valence-corrected chi connectivity index (χ3v) is 2.69. The summed E-state index contributed by atoms with van der Waals surface area (Å²) < 4.78 is 11.8. The Morgan fingerprint density at radius 1 is 1.46 bits per heavy atom. The summed E-state index contributed by atoms with van der Waals surface area (Å²) in [5.41, 5.74) is 0. The van der Waals surface area contributed by atoms with Gasteiger partial charge in [-0.05, 0) is 19.3 Å². The predicted octanol–water partition coefficient (Wildman–Crippen LogP) is 2.75. The molecule has 74 valence electrons. The molecule has 0 N–H and O–H groups in total. The van der Waals surface area contributed by atoms with Gasteiger partial charge in [-0.15, -0.1) is 11.6 Å². The lowest BCUT2D eigenvalue weighted by Gasteiger charge is -2.19. The first-order chi connectivity index (χ1) is 6.34. The standard InChI is InChI=1S/C8H13BBrClO2/c10-8(4-1-2-5-11)9-12-6-3-7-13-9/h4H,1-3,5-7H2/b8-4-. The van der Waals surface area contributed by atoms with Crippen LogP contribution in [0.4, 0.5) is 0 Å². The van der Waals surface area contributed by atoms with Crippen molar-refractivity contribution in [3.63, 3.8) is 0 Å². The highest BCUT2D eigenvalue weighted by atomic mass is 79.9. The van der Waals surface area contributed by atoms with Crippen molar-refractivity contribution >= 4 is 34.6 Å². The molecule has 0 aliphatic carbocycles. The molecule has 0 aromatic rings. The molecule has 0 radical (unpaired) electrons. The SMILES string of the molecule is ClCCC/C=C(\Br)B1OCCCO1. The van der Waals surface area contributed by atoms with Crippen LogP contribution in [0.15, 0.2) is 10.5 Å². The van der Waals surface area contributed by atoms with Gasteiger partial charge in [0.15, 0.2) is 0 Å². The lowest BCUT2D eigenvalue weighted by atomic mass is 9.87. The van der Waals surface area contributed by atoms with E-state index in [0.29, 0.717) is 5.88 Å². The maximum Gasteiger partial charge on any atom is 0.500 e. The van der Waals surface area contributed by atoms with E-state index in [-0.39, 0.29) is 7.12 Å². The minimum absolute atomic E-state index is 0.191. The molecule has 0 saturated carbocycles. The van der Waals surface area contributed by atoms with Gasteiger partial charge in [0.1, 0.15) is 0 Å². The van der Waals surface area contributed by atoms with Crippen LogP contribution in [-0.4, -0.2) is 26.2 Å². The van der Waals surface area contributed by atoms with Gasteiger partial charge in [0, 0.05) is 23.5 Å². The van der Waals surface area contributed by atoms with E-state index in [9.17, 15) is 0 Å². The summed E-state index contributed by atoms with van der Waals surface area (Å²) in [6, 6.07) is 0. The first-order valence-electron chi connectivity index (χ1n) is 4.49. The molecule has 1 aliphatic heterocycles. The van der Waals surface area contributed by atoms with Gasteiger partial charge >= 0.3 is 7.12 Å². The van der Waals surface area contributed by atoms with Crippen molar-refractivity contribution in [2.45, 2.75) is 19.3 Å². The van der Waals surface area contributed by atoms with Gasteiger partial charge in [-0.2, -0.15) is 0 Å². The molecule has 0 amide bonds. The average molecular weight is 267 g/mol. The van der Waals surface area contributed by atoms with Gasteiger partial charge in [-0.25, -0.2) is 0 Å². The Balaban J connectivity index is 2.27. The second-order valence-electron chi connectivity index (χ2n) is 2.85. The van der Waals surface area contributed by atoms with Crippen molar-refractivity contribution in [3.05, 3.63) is 10.5 Å². The molecule has 1 heterocycles. The second-order valence-corrected chi connectivity index (χ2v) is 4.14. The van der Waals surface area contributed by atoms with E-state index in [1.165, 1.54) is 0 Å². The maximum atomic E-state index is 5.56. The van der Waals surface area contributed by atoms with Crippen LogP contribution >= 0.6 is 27.5 Å². The predicted molar refractivity (Wildman–Crippen MR) is 59.2 cm³/mol. The highest BCUT2D eigenvalue weighted by Crippen LogP contribution is 2.16. The number of alkyl halides is 1. The summed E-state index contributed by atoms with van der Waals surface area (Å²) in [6.45, 7) is 1.56. The van der Waals surface area contributed by atoms with E-state index < -0.39 is 0 Å². The minimum atomic E-state index is -0.191. The molecule has 0 aromatic carbocycles. The van der Waals surface area contributed by atoms with Crippen molar-refractivity contribution in [2.75, 3.05) is 19.1 Å². The summed E-state index contributed by atoms with van der Waals surface area (Å²) in [5, 5.41) is 0. The van der Waals surface area contributed by atoms with Crippen LogP contribution in [0.3, 0.4) is 0 Å². The van der Waals surface area contributed by atoms with Crippen molar-refractivity contribution in [1.82, 2.24) is 0 Å². The quantitative estimate of drug-likeness (QED) is 0.443. The molecule has 13 heavy (non-hydrogen) atoms. The van der Waals surface area contributed by atoms with Crippen molar-refractivity contribution < 1.29 is 9.31 Å². The minimum Gasteiger partial charge on any atom is -0.407 e. The fourth-order valence-corrected chi connectivity index (χ4v) is 1.71. The van der Waals surface area contributed by atoms with Crippen molar-refractivity contribution in [3.8, 4) is 0 Å². The molecule has 1 rings (SSSR count). The molecule has 0 bridgehead atoms. The Hall–Kier alpha value is 0.495. The number of rotatable bonds is 4. The normalized spacial score (nSPS) is 19.2. The second kappa shape index (κ2) is 6.88. The molecule has 0 spiro atoms. The van der Waals surface area contributed by atoms with Crippen molar-refractivity contribution in [1.29, 1.82) is 0 Å². The van der Waals surface area contributed by atoms with Gasteiger partial charge in [0.2, 0.25) is 0 Å². The first kappa shape index (κ1) is 11.6. The first-order valence-corrected chi connectivity index (χ1v) is 5.82. The molecule has 2 nitrogen and oxygen atoms in total. The Bertz CT molecular complexity index is 172. The zero-order valence-corrected chi connectivity index (χ0v) is 9.81. The third-order valence-electron chi connectivity index (χ3n) is 1.73. The third kappa shape index (κ3) is 4.50.